The molecule has 0 aliphatic carbocycles. The second-order valence-corrected chi connectivity index (χ2v) is 5.76. The van der Waals surface area contributed by atoms with Gasteiger partial charge in [0.15, 0.2) is 0 Å². The first-order valence-corrected chi connectivity index (χ1v) is 7.76. The number of aromatic nitrogens is 2. The Kier molecular flexibility index (Phi) is 5.15. The Bertz CT molecular complexity index is 651. The number of carbonyl (C=O) groups excluding carboxylic acids is 1. The third-order valence-electron chi connectivity index (χ3n) is 2.47. The summed E-state index contributed by atoms with van der Waals surface area (Å²) >= 11 is 2.96. The van der Waals surface area contributed by atoms with Crippen LogP contribution in [0.1, 0.15) is 22.3 Å². The van der Waals surface area contributed by atoms with Gasteiger partial charge in [-0.2, -0.15) is 5.10 Å². The topological polar surface area (TPSA) is 34.9 Å². The lowest BCUT2D eigenvalue weighted by atomic mass is 10.3. The van der Waals surface area contributed by atoms with Crippen LogP contribution in [0.25, 0.3) is 6.08 Å². The van der Waals surface area contributed by atoms with Crippen LogP contribution < -0.4 is 0 Å². The van der Waals surface area contributed by atoms with Gasteiger partial charge in [0.2, 0.25) is 0 Å². The molecule has 0 saturated carbocycles. The quantitative estimate of drug-likeness (QED) is 0.767. The first kappa shape index (κ1) is 14.6. The van der Waals surface area contributed by atoms with E-state index in [1.54, 1.807) is 29.4 Å². The zero-order valence-corrected chi connectivity index (χ0v) is 12.7. The molecule has 0 saturated heterocycles. The highest BCUT2D eigenvalue weighted by Gasteiger charge is 2.09. The third-order valence-corrected chi connectivity index (χ3v) is 4.14. The van der Waals surface area contributed by atoms with Gasteiger partial charge in [0.25, 0.3) is 5.91 Å². The second kappa shape index (κ2) is 7.07. The van der Waals surface area contributed by atoms with Gasteiger partial charge in [-0.05, 0) is 42.0 Å². The molecule has 2 rings (SSSR count). The molecule has 2 heterocycles. The maximum atomic E-state index is 12.1. The molecule has 2 aromatic heterocycles. The minimum atomic E-state index is -0.105. The Morgan fingerprint density at radius 2 is 2.35 bits per heavy atom. The molecule has 0 radical (unpaired) electrons. The maximum absolute atomic E-state index is 12.1. The van der Waals surface area contributed by atoms with Crippen LogP contribution in [-0.4, -0.2) is 15.7 Å². The molecule has 5 heteroatoms. The standard InChI is InChI=1S/C15H14N2OS2/c1-3-13(19-4-2)8-7-12-9-10-17(16-12)15(18)14-6-5-11-20-14/h3-11H,2H2,1H3/b8-7+,13-3-. The predicted octanol–water partition coefficient (Wildman–Crippen LogP) is 4.43. The number of rotatable bonds is 5. The molecule has 0 atom stereocenters. The van der Waals surface area contributed by atoms with Crippen molar-refractivity contribution in [2.24, 2.45) is 0 Å². The van der Waals surface area contributed by atoms with Crippen LogP contribution in [0.15, 0.2) is 58.8 Å². The van der Waals surface area contributed by atoms with Gasteiger partial charge in [-0.25, -0.2) is 4.68 Å². The largest absolute Gasteiger partial charge is 0.288 e. The van der Waals surface area contributed by atoms with E-state index >= 15 is 0 Å². The first-order valence-electron chi connectivity index (χ1n) is 6.00. The highest BCUT2D eigenvalue weighted by Crippen LogP contribution is 2.18. The molecule has 20 heavy (non-hydrogen) atoms. The van der Waals surface area contributed by atoms with E-state index < -0.39 is 0 Å². The van der Waals surface area contributed by atoms with Gasteiger partial charge in [0, 0.05) is 11.1 Å². The molecule has 0 aliphatic heterocycles. The van der Waals surface area contributed by atoms with Crippen molar-refractivity contribution in [3.8, 4) is 0 Å². The SMILES string of the molecule is C=CSC(=C\C)/C=C/c1ccn(C(=O)c2cccs2)n1. The number of nitrogens with zero attached hydrogens (tertiary/aromatic N) is 2. The fourth-order valence-corrected chi connectivity index (χ4v) is 2.65. The molecule has 0 bridgehead atoms. The highest BCUT2D eigenvalue weighted by atomic mass is 32.2. The molecule has 0 fully saturated rings. The van der Waals surface area contributed by atoms with E-state index in [4.69, 9.17) is 0 Å². The molecule has 2 aromatic rings. The van der Waals surface area contributed by atoms with Crippen LogP contribution in [0.2, 0.25) is 0 Å². The minimum absolute atomic E-state index is 0.105. The fourth-order valence-electron chi connectivity index (χ4n) is 1.52. The molecule has 0 aromatic carbocycles. The van der Waals surface area contributed by atoms with Gasteiger partial charge in [0.1, 0.15) is 0 Å². The van der Waals surface area contributed by atoms with Crippen molar-refractivity contribution in [3.05, 3.63) is 69.4 Å². The Morgan fingerprint density at radius 3 is 3.00 bits per heavy atom. The summed E-state index contributed by atoms with van der Waals surface area (Å²) in [7, 11) is 0. The van der Waals surface area contributed by atoms with Gasteiger partial charge < -0.3 is 0 Å². The van der Waals surface area contributed by atoms with Crippen LogP contribution in [0.4, 0.5) is 0 Å². The second-order valence-electron chi connectivity index (χ2n) is 3.78. The monoisotopic (exact) mass is 302 g/mol. The Morgan fingerprint density at radius 1 is 1.50 bits per heavy atom. The van der Waals surface area contributed by atoms with Crippen LogP contribution in [-0.2, 0) is 0 Å². The summed E-state index contributed by atoms with van der Waals surface area (Å²) in [5.74, 6) is -0.105. The maximum Gasteiger partial charge on any atom is 0.288 e. The molecule has 3 nitrogen and oxygen atoms in total. The smallest absolute Gasteiger partial charge is 0.266 e. The van der Waals surface area contributed by atoms with Crippen molar-refractivity contribution in [1.29, 1.82) is 0 Å². The minimum Gasteiger partial charge on any atom is -0.266 e. The highest BCUT2D eigenvalue weighted by molar-refractivity contribution is 8.06. The summed E-state index contributed by atoms with van der Waals surface area (Å²) in [5.41, 5.74) is 0.749. The van der Waals surface area contributed by atoms with Crippen molar-refractivity contribution in [1.82, 2.24) is 9.78 Å². The van der Waals surface area contributed by atoms with Gasteiger partial charge in [-0.15, -0.1) is 11.3 Å². The molecule has 0 N–H and O–H groups in total. The number of hydrogen-bond acceptors (Lipinski definition) is 4. The van der Waals surface area contributed by atoms with Crippen molar-refractivity contribution in [2.75, 3.05) is 0 Å². The molecule has 0 amide bonds. The van der Waals surface area contributed by atoms with Gasteiger partial charge >= 0.3 is 0 Å². The van der Waals surface area contributed by atoms with E-state index in [0.717, 1.165) is 10.6 Å². The lowest BCUT2D eigenvalue weighted by Crippen LogP contribution is -2.10. The van der Waals surface area contributed by atoms with E-state index in [9.17, 15) is 4.79 Å². The summed E-state index contributed by atoms with van der Waals surface area (Å²) in [6.45, 7) is 5.65. The number of carbonyl (C=O) groups is 1. The van der Waals surface area contributed by atoms with Crippen LogP contribution >= 0.6 is 23.1 Å². The van der Waals surface area contributed by atoms with Gasteiger partial charge in [-0.1, -0.05) is 30.5 Å². The molecule has 0 spiro atoms. The zero-order chi connectivity index (χ0) is 14.4. The number of allylic oxidation sites excluding steroid dienone is 2. The number of thioether (sulfide) groups is 1. The van der Waals surface area contributed by atoms with E-state index in [1.165, 1.54) is 16.0 Å². The normalized spacial score (nSPS) is 11.9. The molecular formula is C15H14N2OS2. The summed E-state index contributed by atoms with van der Waals surface area (Å²) in [6, 6.07) is 5.46. The summed E-state index contributed by atoms with van der Waals surface area (Å²) < 4.78 is 1.36. The zero-order valence-electron chi connectivity index (χ0n) is 11.0. The van der Waals surface area contributed by atoms with E-state index in [0.29, 0.717) is 4.88 Å². The van der Waals surface area contributed by atoms with Gasteiger partial charge in [-0.3, -0.25) is 4.79 Å². The summed E-state index contributed by atoms with van der Waals surface area (Å²) in [5, 5.41) is 7.91. The van der Waals surface area contributed by atoms with E-state index in [1.807, 2.05) is 42.7 Å². The average Bonchev–Trinajstić information content (AvgIpc) is 3.13. The lowest BCUT2D eigenvalue weighted by Gasteiger charge is -1.96. The fraction of sp³-hybridized carbons (Fsp3) is 0.0667. The van der Waals surface area contributed by atoms with E-state index in [-0.39, 0.29) is 5.91 Å². The van der Waals surface area contributed by atoms with Crippen LogP contribution in [0.3, 0.4) is 0 Å². The van der Waals surface area contributed by atoms with Crippen molar-refractivity contribution in [3.63, 3.8) is 0 Å². The van der Waals surface area contributed by atoms with Crippen molar-refractivity contribution in [2.45, 2.75) is 6.92 Å². The Balaban J connectivity index is 2.11. The average molecular weight is 302 g/mol. The molecular weight excluding hydrogens is 288 g/mol. The predicted molar refractivity (Wildman–Crippen MR) is 86.9 cm³/mol. The summed E-state index contributed by atoms with van der Waals surface area (Å²) in [6.07, 6.45) is 7.51. The van der Waals surface area contributed by atoms with Crippen molar-refractivity contribution >= 4 is 35.1 Å². The Hall–Kier alpha value is -1.85. The van der Waals surface area contributed by atoms with E-state index in [2.05, 4.69) is 11.7 Å². The lowest BCUT2D eigenvalue weighted by molar-refractivity contribution is 0.0949. The molecule has 0 aliphatic rings. The first-order chi connectivity index (χ1) is 9.74. The summed E-state index contributed by atoms with van der Waals surface area (Å²) in [4.78, 5) is 13.8. The van der Waals surface area contributed by atoms with Crippen molar-refractivity contribution < 1.29 is 4.79 Å². The Labute approximate surface area is 126 Å². The molecule has 102 valence electrons. The molecule has 0 unspecified atom stereocenters. The van der Waals surface area contributed by atoms with Crippen LogP contribution in [0.5, 0.6) is 0 Å². The number of hydrogen-bond donors (Lipinski definition) is 0. The van der Waals surface area contributed by atoms with Gasteiger partial charge in [0.05, 0.1) is 10.6 Å². The number of thiophene rings is 1. The van der Waals surface area contributed by atoms with Crippen LogP contribution in [0, 0.1) is 0 Å². The third kappa shape index (κ3) is 3.59.